The number of nitrogens with one attached hydrogen (secondary N) is 1. The van der Waals surface area contributed by atoms with Gasteiger partial charge in [-0.1, -0.05) is 11.2 Å². The molecule has 2 heterocycles. The molecule has 2 rings (SSSR count). The summed E-state index contributed by atoms with van der Waals surface area (Å²) in [4.78, 5) is 1.23. The van der Waals surface area contributed by atoms with E-state index >= 15 is 0 Å². The lowest BCUT2D eigenvalue weighted by atomic mass is 10.4. The maximum absolute atomic E-state index is 5.37. The average Bonchev–Trinajstić information content (AvgIpc) is 2.85. The summed E-state index contributed by atoms with van der Waals surface area (Å²) >= 11 is 1.69. The highest BCUT2D eigenvalue weighted by Crippen LogP contribution is 2.11. The maximum atomic E-state index is 5.37. The molecule has 6 heteroatoms. The van der Waals surface area contributed by atoms with Gasteiger partial charge >= 0.3 is 6.01 Å². The topological polar surface area (TPSA) is 77.0 Å². The lowest BCUT2D eigenvalue weighted by Crippen LogP contribution is -2.02. The molecule has 0 radical (unpaired) electrons. The summed E-state index contributed by atoms with van der Waals surface area (Å²) in [5, 5.41) is 12.8. The summed E-state index contributed by atoms with van der Waals surface area (Å²) in [5.41, 5.74) is 5.37. The lowest BCUT2D eigenvalue weighted by molar-refractivity contribution is 0.506. The van der Waals surface area contributed by atoms with E-state index in [1.165, 1.54) is 4.88 Å². The van der Waals surface area contributed by atoms with Crippen LogP contribution in [-0.4, -0.2) is 16.7 Å². The third-order valence-corrected chi connectivity index (χ3v) is 2.70. The molecule has 80 valence electrons. The second-order valence-corrected chi connectivity index (χ2v) is 4.00. The third-order valence-electron chi connectivity index (χ3n) is 1.82. The summed E-state index contributed by atoms with van der Waals surface area (Å²) in [6.45, 7) is 1.23. The van der Waals surface area contributed by atoms with Gasteiger partial charge in [0.1, 0.15) is 0 Å². The second-order valence-electron chi connectivity index (χ2n) is 2.97. The second kappa shape index (κ2) is 4.90. The van der Waals surface area contributed by atoms with Crippen molar-refractivity contribution < 1.29 is 4.42 Å². The van der Waals surface area contributed by atoms with Gasteiger partial charge in [-0.05, 0) is 11.4 Å². The predicted molar refractivity (Wildman–Crippen MR) is 58.7 cm³/mol. The van der Waals surface area contributed by atoms with Gasteiger partial charge in [0.2, 0.25) is 5.89 Å². The van der Waals surface area contributed by atoms with E-state index in [4.69, 9.17) is 10.2 Å². The predicted octanol–water partition coefficient (Wildman–Crippen LogP) is 1.24. The minimum absolute atomic E-state index is 0.451. The number of aromatic nitrogens is 2. The van der Waals surface area contributed by atoms with Crippen LogP contribution < -0.4 is 11.1 Å². The standard InChI is InChI=1S/C9H12N4OS/c10-4-3-8-12-13-9(14-8)11-6-7-2-1-5-15-7/h1-2,5H,3-4,6,10H2,(H,11,13). The van der Waals surface area contributed by atoms with E-state index in [2.05, 4.69) is 21.6 Å². The van der Waals surface area contributed by atoms with Crippen LogP contribution in [0.15, 0.2) is 21.9 Å². The zero-order valence-corrected chi connectivity index (χ0v) is 8.96. The molecule has 3 N–H and O–H groups in total. The van der Waals surface area contributed by atoms with Crippen LogP contribution in [0.4, 0.5) is 6.01 Å². The van der Waals surface area contributed by atoms with Crippen molar-refractivity contribution in [1.82, 2.24) is 10.2 Å². The summed E-state index contributed by atoms with van der Waals surface area (Å²) < 4.78 is 5.31. The van der Waals surface area contributed by atoms with Crippen molar-refractivity contribution in [1.29, 1.82) is 0 Å². The Hall–Kier alpha value is -1.40. The number of thiophene rings is 1. The monoisotopic (exact) mass is 224 g/mol. The van der Waals surface area contributed by atoms with Crippen molar-refractivity contribution in [3.05, 3.63) is 28.3 Å². The Morgan fingerprint density at radius 1 is 1.47 bits per heavy atom. The molecule has 0 fully saturated rings. The van der Waals surface area contributed by atoms with E-state index < -0.39 is 0 Å². The first kappa shape index (κ1) is 10.1. The van der Waals surface area contributed by atoms with Crippen molar-refractivity contribution in [2.45, 2.75) is 13.0 Å². The van der Waals surface area contributed by atoms with Crippen molar-refractivity contribution in [3.8, 4) is 0 Å². The molecule has 5 nitrogen and oxygen atoms in total. The highest BCUT2D eigenvalue weighted by Gasteiger charge is 2.04. The lowest BCUT2D eigenvalue weighted by Gasteiger charge is -1.96. The van der Waals surface area contributed by atoms with Gasteiger partial charge in [-0.2, -0.15) is 0 Å². The fourth-order valence-corrected chi connectivity index (χ4v) is 1.77. The number of rotatable bonds is 5. The fraction of sp³-hybridized carbons (Fsp3) is 0.333. The Morgan fingerprint density at radius 2 is 2.40 bits per heavy atom. The van der Waals surface area contributed by atoms with Gasteiger partial charge < -0.3 is 15.5 Å². The average molecular weight is 224 g/mol. The summed E-state index contributed by atoms with van der Waals surface area (Å²) in [5.74, 6) is 0.575. The molecule has 0 atom stereocenters. The van der Waals surface area contributed by atoms with Gasteiger partial charge in [-0.15, -0.1) is 16.4 Å². The minimum atomic E-state index is 0.451. The van der Waals surface area contributed by atoms with Crippen LogP contribution in [0.3, 0.4) is 0 Å². The van der Waals surface area contributed by atoms with Crippen molar-refractivity contribution in [2.75, 3.05) is 11.9 Å². The number of hydrogen-bond acceptors (Lipinski definition) is 6. The Balaban J connectivity index is 1.88. The third kappa shape index (κ3) is 2.77. The summed E-state index contributed by atoms with van der Waals surface area (Å²) in [7, 11) is 0. The number of hydrogen-bond donors (Lipinski definition) is 2. The van der Waals surface area contributed by atoms with E-state index in [0.29, 0.717) is 31.4 Å². The van der Waals surface area contributed by atoms with Gasteiger partial charge in [0, 0.05) is 17.8 Å². The molecule has 0 saturated carbocycles. The summed E-state index contributed by atoms with van der Waals surface area (Å²) in [6.07, 6.45) is 0.619. The number of nitrogens with zero attached hydrogens (tertiary/aromatic N) is 2. The fourth-order valence-electron chi connectivity index (χ4n) is 1.13. The first-order valence-electron chi connectivity index (χ1n) is 4.67. The normalized spacial score (nSPS) is 10.5. The molecule has 0 saturated heterocycles. The van der Waals surface area contributed by atoms with Crippen molar-refractivity contribution in [2.24, 2.45) is 5.73 Å². The molecule has 0 aliphatic rings. The van der Waals surface area contributed by atoms with E-state index in [9.17, 15) is 0 Å². The Kier molecular flexibility index (Phi) is 3.31. The smallest absolute Gasteiger partial charge is 0.315 e. The van der Waals surface area contributed by atoms with Crippen LogP contribution in [-0.2, 0) is 13.0 Å². The van der Waals surface area contributed by atoms with Crippen LogP contribution in [0.1, 0.15) is 10.8 Å². The highest BCUT2D eigenvalue weighted by molar-refractivity contribution is 7.09. The highest BCUT2D eigenvalue weighted by atomic mass is 32.1. The molecule has 0 aromatic carbocycles. The van der Waals surface area contributed by atoms with Crippen LogP contribution in [0.25, 0.3) is 0 Å². The Labute approximate surface area is 91.3 Å². The molecule has 15 heavy (non-hydrogen) atoms. The zero-order chi connectivity index (χ0) is 10.5. The molecule has 2 aromatic heterocycles. The molecular formula is C9H12N4OS. The Morgan fingerprint density at radius 3 is 3.13 bits per heavy atom. The quantitative estimate of drug-likeness (QED) is 0.799. The van der Waals surface area contributed by atoms with E-state index in [1.807, 2.05) is 11.4 Å². The molecule has 2 aromatic rings. The van der Waals surface area contributed by atoms with Crippen LogP contribution in [0.5, 0.6) is 0 Å². The molecule has 0 amide bonds. The van der Waals surface area contributed by atoms with Crippen LogP contribution in [0.2, 0.25) is 0 Å². The summed E-state index contributed by atoms with van der Waals surface area (Å²) in [6, 6.07) is 4.51. The largest absolute Gasteiger partial charge is 0.408 e. The maximum Gasteiger partial charge on any atom is 0.315 e. The molecule has 0 unspecified atom stereocenters. The van der Waals surface area contributed by atoms with Gasteiger partial charge in [-0.25, -0.2) is 0 Å². The van der Waals surface area contributed by atoms with Gasteiger partial charge in [0.05, 0.1) is 6.54 Å². The molecule has 0 bridgehead atoms. The van der Waals surface area contributed by atoms with Gasteiger partial charge in [-0.3, -0.25) is 0 Å². The molecule has 0 spiro atoms. The van der Waals surface area contributed by atoms with Crippen LogP contribution in [0, 0.1) is 0 Å². The molecular weight excluding hydrogens is 212 g/mol. The molecule has 0 aliphatic heterocycles. The SMILES string of the molecule is NCCc1nnc(NCc2cccs2)o1. The number of nitrogens with two attached hydrogens (primary N) is 1. The van der Waals surface area contributed by atoms with Crippen molar-refractivity contribution in [3.63, 3.8) is 0 Å². The number of anilines is 1. The van der Waals surface area contributed by atoms with E-state index in [-0.39, 0.29) is 0 Å². The van der Waals surface area contributed by atoms with Crippen molar-refractivity contribution >= 4 is 17.4 Å². The van der Waals surface area contributed by atoms with E-state index in [1.54, 1.807) is 11.3 Å². The van der Waals surface area contributed by atoms with Gasteiger partial charge in [0.25, 0.3) is 0 Å². The van der Waals surface area contributed by atoms with Gasteiger partial charge in [0.15, 0.2) is 0 Å². The first-order valence-corrected chi connectivity index (χ1v) is 5.55. The van der Waals surface area contributed by atoms with Crippen LogP contribution >= 0.6 is 11.3 Å². The zero-order valence-electron chi connectivity index (χ0n) is 8.14. The molecule has 0 aliphatic carbocycles. The van der Waals surface area contributed by atoms with E-state index in [0.717, 1.165) is 0 Å². The first-order chi connectivity index (χ1) is 7.38. The Bertz CT molecular complexity index is 398. The minimum Gasteiger partial charge on any atom is -0.408 e.